The van der Waals surface area contributed by atoms with E-state index in [1.807, 2.05) is 12.1 Å². The summed E-state index contributed by atoms with van der Waals surface area (Å²) in [5.74, 6) is 0. The van der Waals surface area contributed by atoms with Gasteiger partial charge in [-0.2, -0.15) is 0 Å². The molecule has 0 heterocycles. The summed E-state index contributed by atoms with van der Waals surface area (Å²) in [4.78, 5) is 0. The molecule has 10 heavy (non-hydrogen) atoms. The van der Waals surface area contributed by atoms with Crippen molar-refractivity contribution in [2.45, 2.75) is 5.33 Å². The molecule has 0 amide bonds. The molecule has 0 fully saturated rings. The van der Waals surface area contributed by atoms with Crippen molar-refractivity contribution in [3.05, 3.63) is 34.3 Å². The third-order valence-corrected chi connectivity index (χ3v) is 2.24. The molecule has 0 saturated carbocycles. The van der Waals surface area contributed by atoms with Crippen molar-refractivity contribution in [1.82, 2.24) is 0 Å². The molecule has 1 aromatic carbocycles. The smallest absolute Gasteiger partial charge is 1.00 e. The molecule has 52 valence electrons. The average molecular weight is 276 g/mol. The van der Waals surface area contributed by atoms with E-state index in [0.29, 0.717) is 0 Å². The number of hydrogen-bond donors (Lipinski definition) is 0. The van der Waals surface area contributed by atoms with E-state index in [0.717, 1.165) is 9.80 Å². The van der Waals surface area contributed by atoms with Gasteiger partial charge in [0.25, 0.3) is 0 Å². The fraction of sp³-hybridized carbons (Fsp3) is 0.143. The summed E-state index contributed by atoms with van der Waals surface area (Å²) >= 11 is 6.73. The normalized spacial score (nSPS) is 8.60. The molecule has 0 bridgehead atoms. The van der Waals surface area contributed by atoms with Crippen LogP contribution in [0.5, 0.6) is 0 Å². The molecule has 0 unspecified atom stereocenters. The standard InChI is InChI=1S/C7H6Br2.Mg.2H/c8-5-6-1-3-7(9)4-2-6;;;/h1-4H,5H2;;;/q;+2;2*-1. The van der Waals surface area contributed by atoms with Crippen LogP contribution in [0.15, 0.2) is 28.7 Å². The maximum absolute atomic E-state index is 3.37. The summed E-state index contributed by atoms with van der Waals surface area (Å²) < 4.78 is 1.13. The van der Waals surface area contributed by atoms with Crippen LogP contribution in [0.3, 0.4) is 0 Å². The Hall–Kier alpha value is 0.946. The van der Waals surface area contributed by atoms with Crippen LogP contribution in [0.4, 0.5) is 0 Å². The summed E-state index contributed by atoms with van der Waals surface area (Å²) in [6.45, 7) is 0. The number of hydrogen-bond acceptors (Lipinski definition) is 0. The first kappa shape index (κ1) is 10.9. The third-order valence-electron chi connectivity index (χ3n) is 1.07. The molecule has 0 aliphatic rings. The number of alkyl halides is 1. The molecule has 0 atom stereocenters. The minimum Gasteiger partial charge on any atom is -1.00 e. The zero-order chi connectivity index (χ0) is 6.69. The van der Waals surface area contributed by atoms with E-state index in [-0.39, 0.29) is 25.9 Å². The molecule has 1 rings (SSSR count). The van der Waals surface area contributed by atoms with Gasteiger partial charge in [-0.1, -0.05) is 44.0 Å². The van der Waals surface area contributed by atoms with Gasteiger partial charge in [0.15, 0.2) is 0 Å². The van der Waals surface area contributed by atoms with Gasteiger partial charge in [-0.05, 0) is 17.7 Å². The summed E-state index contributed by atoms with van der Waals surface area (Å²) in [6.07, 6.45) is 0. The van der Waals surface area contributed by atoms with Gasteiger partial charge in [-0.3, -0.25) is 0 Å². The molecule has 0 N–H and O–H groups in total. The van der Waals surface area contributed by atoms with Crippen LogP contribution >= 0.6 is 31.9 Å². The van der Waals surface area contributed by atoms with Gasteiger partial charge >= 0.3 is 23.1 Å². The Morgan fingerprint density at radius 1 is 1.20 bits per heavy atom. The van der Waals surface area contributed by atoms with E-state index in [9.17, 15) is 0 Å². The van der Waals surface area contributed by atoms with E-state index < -0.39 is 0 Å². The van der Waals surface area contributed by atoms with Crippen LogP contribution in [0.25, 0.3) is 0 Å². The monoisotopic (exact) mass is 274 g/mol. The zero-order valence-corrected chi connectivity index (χ0v) is 10.1. The van der Waals surface area contributed by atoms with Gasteiger partial charge < -0.3 is 2.85 Å². The molecule has 0 aliphatic carbocycles. The molecule has 0 nitrogen and oxygen atoms in total. The molecule has 0 saturated heterocycles. The quantitative estimate of drug-likeness (QED) is 0.546. The first-order valence-corrected chi connectivity index (χ1v) is 4.55. The number of rotatable bonds is 1. The van der Waals surface area contributed by atoms with E-state index in [1.165, 1.54) is 5.56 Å². The van der Waals surface area contributed by atoms with Gasteiger partial charge in [-0.15, -0.1) is 0 Å². The maximum atomic E-state index is 3.37. The predicted molar refractivity (Wildman–Crippen MR) is 54.8 cm³/mol. The van der Waals surface area contributed by atoms with Crippen LogP contribution in [-0.2, 0) is 5.33 Å². The van der Waals surface area contributed by atoms with Crippen LogP contribution in [0.1, 0.15) is 8.42 Å². The first-order valence-electron chi connectivity index (χ1n) is 2.63. The second-order valence-corrected chi connectivity index (χ2v) is 3.24. The minimum absolute atomic E-state index is 0. The second-order valence-electron chi connectivity index (χ2n) is 1.76. The fourth-order valence-electron chi connectivity index (χ4n) is 0.573. The summed E-state index contributed by atoms with van der Waals surface area (Å²) in [5.41, 5.74) is 1.30. The summed E-state index contributed by atoms with van der Waals surface area (Å²) in [7, 11) is 0. The van der Waals surface area contributed by atoms with E-state index in [4.69, 9.17) is 0 Å². The number of benzene rings is 1. The van der Waals surface area contributed by atoms with Gasteiger partial charge in [-0.25, -0.2) is 0 Å². The first-order chi connectivity index (χ1) is 4.33. The van der Waals surface area contributed by atoms with E-state index >= 15 is 0 Å². The minimum atomic E-state index is 0. The molecule has 0 aliphatic heterocycles. The summed E-state index contributed by atoms with van der Waals surface area (Å²) in [6, 6.07) is 8.24. The van der Waals surface area contributed by atoms with Crippen molar-refractivity contribution in [2.24, 2.45) is 0 Å². The molecular weight excluding hydrogens is 268 g/mol. The van der Waals surface area contributed by atoms with Crippen LogP contribution < -0.4 is 0 Å². The molecular formula is C7H8Br2Mg. The van der Waals surface area contributed by atoms with Crippen LogP contribution in [0, 0.1) is 0 Å². The topological polar surface area (TPSA) is 0 Å². The molecule has 0 spiro atoms. The van der Waals surface area contributed by atoms with E-state index in [2.05, 4.69) is 44.0 Å². The predicted octanol–water partition coefficient (Wildman–Crippen LogP) is 3.19. The second kappa shape index (κ2) is 5.58. The fourth-order valence-corrected chi connectivity index (χ4v) is 1.21. The zero-order valence-electron chi connectivity index (χ0n) is 7.48. The Balaban J connectivity index is -0.000000270. The van der Waals surface area contributed by atoms with Gasteiger partial charge in [0.05, 0.1) is 0 Å². The third kappa shape index (κ3) is 3.37. The van der Waals surface area contributed by atoms with Gasteiger partial charge in [0.1, 0.15) is 0 Å². The van der Waals surface area contributed by atoms with Crippen molar-refractivity contribution in [2.75, 3.05) is 0 Å². The summed E-state index contributed by atoms with van der Waals surface area (Å²) in [5, 5.41) is 0.931. The Kier molecular flexibility index (Phi) is 6.11. The van der Waals surface area contributed by atoms with E-state index in [1.54, 1.807) is 0 Å². The SMILES string of the molecule is BrCc1ccc(Br)cc1.[H-].[H-].[Mg+2]. The van der Waals surface area contributed by atoms with Crippen molar-refractivity contribution in [1.29, 1.82) is 0 Å². The number of halogens is 2. The Morgan fingerprint density at radius 2 is 1.70 bits per heavy atom. The van der Waals surface area contributed by atoms with Crippen molar-refractivity contribution < 1.29 is 2.85 Å². The van der Waals surface area contributed by atoms with Crippen molar-refractivity contribution >= 4 is 54.9 Å². The van der Waals surface area contributed by atoms with Crippen LogP contribution in [0.2, 0.25) is 0 Å². The Bertz CT molecular complexity index is 191. The average Bonchev–Trinajstić information content (AvgIpc) is 1.90. The maximum Gasteiger partial charge on any atom is 2.00 e. The Morgan fingerprint density at radius 3 is 2.10 bits per heavy atom. The van der Waals surface area contributed by atoms with Gasteiger partial charge in [0.2, 0.25) is 0 Å². The molecule has 0 radical (unpaired) electrons. The van der Waals surface area contributed by atoms with Crippen molar-refractivity contribution in [3.8, 4) is 0 Å². The van der Waals surface area contributed by atoms with Gasteiger partial charge in [0, 0.05) is 9.80 Å². The molecule has 1 aromatic rings. The molecule has 0 aromatic heterocycles. The van der Waals surface area contributed by atoms with Crippen molar-refractivity contribution in [3.63, 3.8) is 0 Å². The Labute approximate surface area is 96.8 Å². The largest absolute Gasteiger partial charge is 2.00 e. The van der Waals surface area contributed by atoms with Crippen LogP contribution in [-0.4, -0.2) is 23.1 Å². The molecule has 3 heteroatoms.